The van der Waals surface area contributed by atoms with E-state index >= 15 is 0 Å². The summed E-state index contributed by atoms with van der Waals surface area (Å²) in [6, 6.07) is 17.7. The molecule has 6 heteroatoms. The average Bonchev–Trinajstić information content (AvgIpc) is 3.25. The van der Waals surface area contributed by atoms with Gasteiger partial charge in [-0.25, -0.2) is 4.79 Å². The summed E-state index contributed by atoms with van der Waals surface area (Å²) < 4.78 is 15.9. The zero-order valence-corrected chi connectivity index (χ0v) is 16.1. The number of carbonyl (C=O) groups is 2. The summed E-state index contributed by atoms with van der Waals surface area (Å²) in [5.74, 6) is -0.131. The van der Waals surface area contributed by atoms with E-state index in [4.69, 9.17) is 13.9 Å². The predicted molar refractivity (Wildman–Crippen MR) is 109 cm³/mol. The van der Waals surface area contributed by atoms with Crippen molar-refractivity contribution in [2.24, 2.45) is 0 Å². The zero-order valence-electron chi connectivity index (χ0n) is 16.1. The van der Waals surface area contributed by atoms with Crippen molar-refractivity contribution in [2.75, 3.05) is 12.4 Å². The predicted octanol–water partition coefficient (Wildman–Crippen LogP) is 4.53. The van der Waals surface area contributed by atoms with Crippen molar-refractivity contribution in [3.8, 4) is 5.75 Å². The molecule has 0 radical (unpaired) electrons. The highest BCUT2D eigenvalue weighted by molar-refractivity contribution is 5.98. The number of methoxy groups -OCH3 is 1. The number of hydrogen-bond acceptors (Lipinski definition) is 5. The van der Waals surface area contributed by atoms with E-state index in [9.17, 15) is 9.59 Å². The van der Waals surface area contributed by atoms with Crippen LogP contribution in [0, 0.1) is 6.92 Å². The number of aryl methyl sites for hydroxylation is 1. The maximum atomic E-state index is 13.0. The summed E-state index contributed by atoms with van der Waals surface area (Å²) in [7, 11) is 1.52. The van der Waals surface area contributed by atoms with Gasteiger partial charge in [0, 0.05) is 11.6 Å². The largest absolute Gasteiger partial charge is 0.495 e. The van der Waals surface area contributed by atoms with E-state index in [1.807, 2.05) is 19.1 Å². The fourth-order valence-corrected chi connectivity index (χ4v) is 2.71. The van der Waals surface area contributed by atoms with Crippen LogP contribution in [0.1, 0.15) is 23.0 Å². The lowest BCUT2D eigenvalue weighted by molar-refractivity contribution is -0.149. The highest BCUT2D eigenvalue weighted by Gasteiger charge is 2.25. The molecule has 1 atom stereocenters. The molecule has 29 heavy (non-hydrogen) atoms. The van der Waals surface area contributed by atoms with Crippen LogP contribution in [0.15, 0.2) is 77.4 Å². The van der Waals surface area contributed by atoms with E-state index in [2.05, 4.69) is 5.32 Å². The van der Waals surface area contributed by atoms with Gasteiger partial charge in [-0.2, -0.15) is 0 Å². The van der Waals surface area contributed by atoms with Crippen molar-refractivity contribution in [1.29, 1.82) is 0 Å². The van der Waals surface area contributed by atoms with E-state index in [1.165, 1.54) is 25.5 Å². The number of rotatable bonds is 7. The Balaban J connectivity index is 1.81. The SMILES string of the molecule is COc1ccc(C)cc1NC(=O)[C@H](OC(=O)/C=C/c1ccco1)c1ccccc1. The molecule has 6 nitrogen and oxygen atoms in total. The summed E-state index contributed by atoms with van der Waals surface area (Å²) in [5, 5.41) is 2.79. The molecule has 0 saturated heterocycles. The van der Waals surface area contributed by atoms with Gasteiger partial charge in [-0.15, -0.1) is 0 Å². The van der Waals surface area contributed by atoms with Crippen LogP contribution in [0.4, 0.5) is 5.69 Å². The van der Waals surface area contributed by atoms with E-state index in [0.717, 1.165) is 5.56 Å². The average molecular weight is 391 g/mol. The van der Waals surface area contributed by atoms with Gasteiger partial charge < -0.3 is 19.2 Å². The Morgan fingerprint density at radius 1 is 1.07 bits per heavy atom. The minimum atomic E-state index is -1.13. The van der Waals surface area contributed by atoms with Crippen molar-refractivity contribution >= 4 is 23.6 Å². The Labute approximate surface area is 168 Å². The summed E-state index contributed by atoms with van der Waals surface area (Å²) in [5.41, 5.74) is 2.01. The first-order valence-electron chi connectivity index (χ1n) is 8.99. The van der Waals surface area contributed by atoms with Crippen LogP contribution in [0.2, 0.25) is 0 Å². The highest BCUT2D eigenvalue weighted by Crippen LogP contribution is 2.27. The number of nitrogens with one attached hydrogen (secondary N) is 1. The third-order valence-electron chi connectivity index (χ3n) is 4.11. The summed E-state index contributed by atoms with van der Waals surface area (Å²) in [4.78, 5) is 25.3. The molecule has 0 spiro atoms. The molecule has 0 saturated carbocycles. The van der Waals surface area contributed by atoms with Gasteiger partial charge in [0.15, 0.2) is 0 Å². The first-order valence-corrected chi connectivity index (χ1v) is 8.99. The Bertz CT molecular complexity index is 993. The zero-order chi connectivity index (χ0) is 20.6. The molecule has 2 aromatic carbocycles. The summed E-state index contributed by atoms with van der Waals surface area (Å²) >= 11 is 0. The smallest absolute Gasteiger partial charge is 0.332 e. The molecule has 1 aromatic heterocycles. The Hall–Kier alpha value is -3.80. The minimum Gasteiger partial charge on any atom is -0.495 e. The molecule has 0 aliphatic rings. The Morgan fingerprint density at radius 3 is 2.55 bits per heavy atom. The van der Waals surface area contributed by atoms with E-state index in [0.29, 0.717) is 22.8 Å². The Morgan fingerprint density at radius 2 is 1.86 bits per heavy atom. The van der Waals surface area contributed by atoms with Gasteiger partial charge in [0.2, 0.25) is 6.10 Å². The molecule has 3 rings (SSSR count). The van der Waals surface area contributed by atoms with Crippen molar-refractivity contribution < 1.29 is 23.5 Å². The van der Waals surface area contributed by atoms with Gasteiger partial charge in [0.1, 0.15) is 11.5 Å². The van der Waals surface area contributed by atoms with Crippen LogP contribution >= 0.6 is 0 Å². The second-order valence-corrected chi connectivity index (χ2v) is 6.27. The normalized spacial score (nSPS) is 11.8. The molecular weight excluding hydrogens is 370 g/mol. The lowest BCUT2D eigenvalue weighted by atomic mass is 10.1. The number of anilines is 1. The molecule has 1 N–H and O–H groups in total. The van der Waals surface area contributed by atoms with Gasteiger partial charge in [0.25, 0.3) is 5.91 Å². The molecule has 0 bridgehead atoms. The third kappa shape index (κ3) is 5.35. The van der Waals surface area contributed by atoms with Crippen LogP contribution in [0.5, 0.6) is 5.75 Å². The fraction of sp³-hybridized carbons (Fsp3) is 0.130. The highest BCUT2D eigenvalue weighted by atomic mass is 16.5. The molecule has 0 aliphatic heterocycles. The maximum Gasteiger partial charge on any atom is 0.332 e. The first-order chi connectivity index (χ1) is 14.1. The molecular formula is C23H21NO5. The lowest BCUT2D eigenvalue weighted by Crippen LogP contribution is -2.25. The number of benzene rings is 2. The molecule has 148 valence electrons. The summed E-state index contributed by atoms with van der Waals surface area (Å²) in [6.07, 6.45) is 3.07. The second kappa shape index (κ2) is 9.41. The first kappa shape index (κ1) is 19.9. The number of furan rings is 1. The number of carbonyl (C=O) groups excluding carboxylic acids is 2. The van der Waals surface area contributed by atoms with Crippen molar-refractivity contribution in [3.63, 3.8) is 0 Å². The fourth-order valence-electron chi connectivity index (χ4n) is 2.71. The van der Waals surface area contributed by atoms with E-state index in [1.54, 1.807) is 48.5 Å². The van der Waals surface area contributed by atoms with Gasteiger partial charge in [0.05, 0.1) is 19.1 Å². The van der Waals surface area contributed by atoms with Crippen LogP contribution in [0.25, 0.3) is 6.08 Å². The van der Waals surface area contributed by atoms with Gasteiger partial charge in [-0.1, -0.05) is 36.4 Å². The van der Waals surface area contributed by atoms with Crippen LogP contribution in [-0.2, 0) is 14.3 Å². The lowest BCUT2D eigenvalue weighted by Gasteiger charge is -2.18. The van der Waals surface area contributed by atoms with Crippen LogP contribution in [0.3, 0.4) is 0 Å². The second-order valence-electron chi connectivity index (χ2n) is 6.27. The van der Waals surface area contributed by atoms with E-state index < -0.39 is 18.0 Å². The van der Waals surface area contributed by atoms with Gasteiger partial charge in [-0.3, -0.25) is 4.79 Å². The van der Waals surface area contributed by atoms with Crippen molar-refractivity contribution in [1.82, 2.24) is 0 Å². The Kier molecular flexibility index (Phi) is 6.47. The van der Waals surface area contributed by atoms with Crippen LogP contribution in [-0.4, -0.2) is 19.0 Å². The van der Waals surface area contributed by atoms with Crippen LogP contribution < -0.4 is 10.1 Å². The quantitative estimate of drug-likeness (QED) is 0.473. The summed E-state index contributed by atoms with van der Waals surface area (Å²) in [6.45, 7) is 1.91. The molecule has 3 aromatic rings. The minimum absolute atomic E-state index is 0.486. The number of ether oxygens (including phenoxy) is 2. The number of hydrogen-bond donors (Lipinski definition) is 1. The molecule has 0 aliphatic carbocycles. The third-order valence-corrected chi connectivity index (χ3v) is 4.11. The van der Waals surface area contributed by atoms with Crippen molar-refractivity contribution in [2.45, 2.75) is 13.0 Å². The van der Waals surface area contributed by atoms with Gasteiger partial charge >= 0.3 is 5.97 Å². The van der Waals surface area contributed by atoms with Crippen molar-refractivity contribution in [3.05, 3.63) is 89.9 Å². The topological polar surface area (TPSA) is 77.8 Å². The standard InChI is InChI=1S/C23H21NO5/c1-16-10-12-20(27-2)19(15-16)24-23(26)22(17-7-4-3-5-8-17)29-21(25)13-11-18-9-6-14-28-18/h3-15,22H,1-2H3,(H,24,26)/b13-11+/t22-/m1/s1. The molecule has 1 heterocycles. The maximum absolute atomic E-state index is 13.0. The molecule has 1 amide bonds. The number of esters is 1. The monoisotopic (exact) mass is 391 g/mol. The number of amides is 1. The van der Waals surface area contributed by atoms with E-state index in [-0.39, 0.29) is 0 Å². The molecule has 0 unspecified atom stereocenters. The molecule has 0 fully saturated rings. The van der Waals surface area contributed by atoms with Gasteiger partial charge in [-0.05, 0) is 42.8 Å².